The second kappa shape index (κ2) is 4.24. The predicted molar refractivity (Wildman–Crippen MR) is 65.9 cm³/mol. The minimum Gasteiger partial charge on any atom is -0.355 e. The first kappa shape index (κ1) is 10.4. The lowest BCUT2D eigenvalue weighted by molar-refractivity contribution is 0.704. The monoisotopic (exact) mass is 231 g/mol. The first-order valence-electron chi connectivity index (χ1n) is 6.08. The molecule has 0 aromatic carbocycles. The van der Waals surface area contributed by atoms with Gasteiger partial charge >= 0.3 is 0 Å². The topological polar surface area (TPSA) is 47.7 Å². The molecular weight excluding hydrogens is 214 g/mol. The highest BCUT2D eigenvalue weighted by Gasteiger charge is 2.25. The van der Waals surface area contributed by atoms with Crippen molar-refractivity contribution >= 4 is 5.95 Å². The summed E-state index contributed by atoms with van der Waals surface area (Å²) in [5.74, 6) is 0.995. The maximum Gasteiger partial charge on any atom is 0.203 e. The van der Waals surface area contributed by atoms with Crippen molar-refractivity contribution in [3.05, 3.63) is 30.4 Å². The van der Waals surface area contributed by atoms with E-state index in [0.717, 1.165) is 18.9 Å². The lowest BCUT2D eigenvalue weighted by Gasteiger charge is -2.08. The fourth-order valence-corrected chi connectivity index (χ4v) is 2.05. The van der Waals surface area contributed by atoms with E-state index in [-0.39, 0.29) is 0 Å². The molecule has 0 bridgehead atoms. The normalized spacial score (nSPS) is 15.1. The largest absolute Gasteiger partial charge is 0.355 e. The zero-order valence-corrected chi connectivity index (χ0v) is 10.0. The molecule has 0 atom stereocenters. The van der Waals surface area contributed by atoms with Crippen molar-refractivity contribution in [2.45, 2.75) is 25.3 Å². The molecule has 1 aliphatic rings. The van der Waals surface area contributed by atoms with Crippen LogP contribution in [0.25, 0.3) is 0 Å². The average Bonchev–Trinajstić information content (AvgIpc) is 2.93. The van der Waals surface area contributed by atoms with Crippen LogP contribution in [-0.2, 0) is 13.5 Å². The summed E-state index contributed by atoms with van der Waals surface area (Å²) in [4.78, 5) is 4.35. The summed E-state index contributed by atoms with van der Waals surface area (Å²) >= 11 is 0. The summed E-state index contributed by atoms with van der Waals surface area (Å²) in [5, 5.41) is 7.55. The van der Waals surface area contributed by atoms with E-state index in [1.807, 2.05) is 24.1 Å². The molecule has 1 aliphatic carbocycles. The third kappa shape index (κ3) is 2.18. The van der Waals surface area contributed by atoms with Gasteiger partial charge in [0.15, 0.2) is 0 Å². The van der Waals surface area contributed by atoms with E-state index in [2.05, 4.69) is 32.2 Å². The maximum absolute atomic E-state index is 4.35. The smallest absolute Gasteiger partial charge is 0.203 e. The second-order valence-corrected chi connectivity index (χ2v) is 4.51. The highest BCUT2D eigenvalue weighted by atomic mass is 15.3. The van der Waals surface area contributed by atoms with Crippen LogP contribution < -0.4 is 5.32 Å². The quantitative estimate of drug-likeness (QED) is 0.850. The molecule has 1 saturated carbocycles. The first-order valence-corrected chi connectivity index (χ1v) is 6.08. The number of aryl methyl sites for hydroxylation is 1. The Morgan fingerprint density at radius 3 is 3.00 bits per heavy atom. The number of rotatable bonds is 5. The summed E-state index contributed by atoms with van der Waals surface area (Å²) in [6.07, 6.45) is 9.29. The third-order valence-corrected chi connectivity index (χ3v) is 3.20. The van der Waals surface area contributed by atoms with Crippen LogP contribution in [0.1, 0.15) is 24.6 Å². The molecule has 1 N–H and O–H groups in total. The predicted octanol–water partition coefficient (Wildman–Crippen LogP) is 1.61. The lowest BCUT2D eigenvalue weighted by Crippen LogP contribution is -2.11. The Morgan fingerprint density at radius 1 is 1.41 bits per heavy atom. The van der Waals surface area contributed by atoms with Gasteiger partial charge in [0.25, 0.3) is 0 Å². The molecule has 5 nitrogen and oxygen atoms in total. The number of nitrogens with zero attached hydrogens (tertiary/aromatic N) is 4. The van der Waals surface area contributed by atoms with Crippen LogP contribution in [0.3, 0.4) is 0 Å². The number of hydrogen-bond acceptors (Lipinski definition) is 3. The van der Waals surface area contributed by atoms with E-state index in [4.69, 9.17) is 0 Å². The van der Waals surface area contributed by atoms with Crippen molar-refractivity contribution in [3.8, 4) is 0 Å². The minimum absolute atomic E-state index is 0.678. The van der Waals surface area contributed by atoms with Gasteiger partial charge in [0.2, 0.25) is 5.95 Å². The zero-order valence-electron chi connectivity index (χ0n) is 10.0. The molecule has 1 fully saturated rings. The average molecular weight is 231 g/mol. The molecule has 3 rings (SSSR count). The van der Waals surface area contributed by atoms with Crippen LogP contribution in [0.5, 0.6) is 0 Å². The molecule has 0 saturated heterocycles. The van der Waals surface area contributed by atoms with Gasteiger partial charge in [-0.3, -0.25) is 4.68 Å². The van der Waals surface area contributed by atoms with E-state index in [0.29, 0.717) is 6.04 Å². The molecule has 17 heavy (non-hydrogen) atoms. The highest BCUT2D eigenvalue weighted by Crippen LogP contribution is 2.36. The van der Waals surface area contributed by atoms with Gasteiger partial charge in [0.05, 0.1) is 0 Å². The van der Waals surface area contributed by atoms with Crippen LogP contribution in [0.4, 0.5) is 5.95 Å². The van der Waals surface area contributed by atoms with Crippen molar-refractivity contribution in [3.63, 3.8) is 0 Å². The summed E-state index contributed by atoms with van der Waals surface area (Å²) in [5.41, 5.74) is 1.24. The number of anilines is 1. The minimum atomic E-state index is 0.678. The fraction of sp³-hybridized carbons (Fsp3) is 0.500. The summed E-state index contributed by atoms with van der Waals surface area (Å²) in [6, 6.07) is 2.73. The Bertz CT molecular complexity index is 494. The Morgan fingerprint density at radius 2 is 2.29 bits per heavy atom. The molecule has 2 heterocycles. The van der Waals surface area contributed by atoms with Crippen LogP contribution >= 0.6 is 0 Å². The molecule has 0 amide bonds. The van der Waals surface area contributed by atoms with Gasteiger partial charge in [-0.1, -0.05) is 0 Å². The van der Waals surface area contributed by atoms with E-state index < -0.39 is 0 Å². The maximum atomic E-state index is 4.35. The van der Waals surface area contributed by atoms with Crippen molar-refractivity contribution < 1.29 is 0 Å². The van der Waals surface area contributed by atoms with Gasteiger partial charge < -0.3 is 9.88 Å². The fourth-order valence-electron chi connectivity index (χ4n) is 2.05. The Kier molecular flexibility index (Phi) is 2.59. The van der Waals surface area contributed by atoms with Gasteiger partial charge in [0, 0.05) is 50.3 Å². The van der Waals surface area contributed by atoms with Gasteiger partial charge in [0.1, 0.15) is 0 Å². The molecule has 0 radical (unpaired) electrons. The number of aromatic nitrogens is 4. The molecular formula is C12H17N5. The zero-order chi connectivity index (χ0) is 11.7. The molecule has 2 aromatic rings. The standard InChI is InChI=1S/C12H17N5/c1-16-10(5-7-15-16)4-6-13-12-14-8-9-17(12)11-2-3-11/h5,7-9,11H,2-4,6H2,1H3,(H,13,14). The Balaban J connectivity index is 1.57. The van der Waals surface area contributed by atoms with Crippen LogP contribution in [0.2, 0.25) is 0 Å². The Labute approximate surface area is 100 Å². The highest BCUT2D eigenvalue weighted by molar-refractivity contribution is 5.28. The lowest BCUT2D eigenvalue weighted by atomic mass is 10.3. The molecule has 90 valence electrons. The van der Waals surface area contributed by atoms with Crippen LogP contribution in [0, 0.1) is 0 Å². The van der Waals surface area contributed by atoms with Crippen molar-refractivity contribution in [1.82, 2.24) is 19.3 Å². The summed E-state index contributed by atoms with van der Waals surface area (Å²) in [7, 11) is 1.97. The van der Waals surface area contributed by atoms with Gasteiger partial charge in [-0.2, -0.15) is 5.10 Å². The molecule has 0 unspecified atom stereocenters. The second-order valence-electron chi connectivity index (χ2n) is 4.51. The Hall–Kier alpha value is -1.78. The van der Waals surface area contributed by atoms with Crippen molar-refractivity contribution in [2.75, 3.05) is 11.9 Å². The SMILES string of the molecule is Cn1nccc1CCNc1nccn1C1CC1. The summed E-state index contributed by atoms with van der Waals surface area (Å²) in [6.45, 7) is 0.892. The number of hydrogen-bond donors (Lipinski definition) is 1. The molecule has 0 aliphatic heterocycles. The van der Waals surface area contributed by atoms with Gasteiger partial charge in [-0.15, -0.1) is 0 Å². The number of imidazole rings is 1. The molecule has 0 spiro atoms. The van der Waals surface area contributed by atoms with Gasteiger partial charge in [-0.25, -0.2) is 4.98 Å². The number of nitrogens with one attached hydrogen (secondary N) is 1. The molecule has 2 aromatic heterocycles. The van der Waals surface area contributed by atoms with E-state index in [1.54, 1.807) is 0 Å². The van der Waals surface area contributed by atoms with Crippen molar-refractivity contribution in [2.24, 2.45) is 7.05 Å². The van der Waals surface area contributed by atoms with Crippen LogP contribution in [0.15, 0.2) is 24.7 Å². The van der Waals surface area contributed by atoms with Crippen molar-refractivity contribution in [1.29, 1.82) is 0 Å². The van der Waals surface area contributed by atoms with E-state index >= 15 is 0 Å². The molecule has 5 heteroatoms. The van der Waals surface area contributed by atoms with E-state index in [9.17, 15) is 0 Å². The first-order chi connectivity index (χ1) is 8.34. The third-order valence-electron chi connectivity index (χ3n) is 3.20. The van der Waals surface area contributed by atoms with E-state index in [1.165, 1.54) is 18.5 Å². The van der Waals surface area contributed by atoms with Gasteiger partial charge in [-0.05, 0) is 18.9 Å². The van der Waals surface area contributed by atoms with Crippen LogP contribution in [-0.4, -0.2) is 25.9 Å². The summed E-state index contributed by atoms with van der Waals surface area (Å²) < 4.78 is 4.15.